The lowest BCUT2D eigenvalue weighted by atomic mass is 10.2. The lowest BCUT2D eigenvalue weighted by Crippen LogP contribution is -2.50. The van der Waals surface area contributed by atoms with Crippen LogP contribution in [-0.4, -0.2) is 86.7 Å². The molecule has 0 aromatic heterocycles. The molecule has 1 N–H and O–H groups in total. The summed E-state index contributed by atoms with van der Waals surface area (Å²) in [5, 5.41) is 2.87. The Hall–Kier alpha value is -1.97. The SMILES string of the molecule is Cc1ccc(C)c(S(=O)(=O)N2CCN(C(=O)CCC(=O)NCCN(C)C3CC3)CC2)c1. The predicted molar refractivity (Wildman–Crippen MR) is 119 cm³/mol. The number of rotatable bonds is 9. The smallest absolute Gasteiger partial charge is 0.243 e. The van der Waals surface area contributed by atoms with Crippen molar-refractivity contribution >= 4 is 21.8 Å². The molecule has 0 bridgehead atoms. The highest BCUT2D eigenvalue weighted by molar-refractivity contribution is 7.89. The Morgan fingerprint density at radius 3 is 2.42 bits per heavy atom. The molecule has 2 aliphatic rings. The van der Waals surface area contributed by atoms with Crippen LogP contribution in [0.1, 0.15) is 36.8 Å². The van der Waals surface area contributed by atoms with E-state index in [2.05, 4.69) is 17.3 Å². The first-order chi connectivity index (χ1) is 14.7. The number of aryl methyl sites for hydroxylation is 2. The van der Waals surface area contributed by atoms with Gasteiger partial charge in [0.25, 0.3) is 0 Å². The standard InChI is InChI=1S/C22H34N4O4S/c1-17-4-5-18(2)20(16-17)31(29,30)26-14-12-25(13-15-26)22(28)9-8-21(27)23-10-11-24(3)19-6-7-19/h4-5,16,19H,6-15H2,1-3H3,(H,23,27). The van der Waals surface area contributed by atoms with E-state index in [-0.39, 0.29) is 37.7 Å². The number of nitrogens with zero attached hydrogens (tertiary/aromatic N) is 3. The van der Waals surface area contributed by atoms with Crippen molar-refractivity contribution < 1.29 is 18.0 Å². The summed E-state index contributed by atoms with van der Waals surface area (Å²) >= 11 is 0. The summed E-state index contributed by atoms with van der Waals surface area (Å²) in [4.78, 5) is 28.7. The molecule has 1 aliphatic carbocycles. The molecule has 3 rings (SSSR count). The fraction of sp³-hybridized carbons (Fsp3) is 0.636. The van der Waals surface area contributed by atoms with E-state index in [1.165, 1.54) is 17.1 Å². The number of nitrogens with one attached hydrogen (secondary N) is 1. The summed E-state index contributed by atoms with van der Waals surface area (Å²) in [6, 6.07) is 6.07. The van der Waals surface area contributed by atoms with Gasteiger partial charge in [-0.2, -0.15) is 4.31 Å². The third-order valence-corrected chi connectivity index (χ3v) is 8.12. The van der Waals surface area contributed by atoms with Crippen molar-refractivity contribution in [1.82, 2.24) is 19.4 Å². The van der Waals surface area contributed by atoms with Crippen LogP contribution in [0.25, 0.3) is 0 Å². The zero-order valence-corrected chi connectivity index (χ0v) is 19.6. The second kappa shape index (κ2) is 10.1. The molecule has 1 aromatic carbocycles. The van der Waals surface area contributed by atoms with Gasteiger partial charge in [0, 0.05) is 58.2 Å². The minimum absolute atomic E-state index is 0.103. The number of carbonyl (C=O) groups is 2. The number of sulfonamides is 1. The Morgan fingerprint density at radius 1 is 1.10 bits per heavy atom. The van der Waals surface area contributed by atoms with Crippen LogP contribution in [0.4, 0.5) is 0 Å². The van der Waals surface area contributed by atoms with Gasteiger partial charge in [-0.3, -0.25) is 9.59 Å². The highest BCUT2D eigenvalue weighted by Crippen LogP contribution is 2.24. The zero-order valence-electron chi connectivity index (χ0n) is 18.8. The normalized spacial score (nSPS) is 17.7. The first kappa shape index (κ1) is 23.7. The Labute approximate surface area is 185 Å². The van der Waals surface area contributed by atoms with Gasteiger partial charge in [0.1, 0.15) is 0 Å². The second-order valence-electron chi connectivity index (χ2n) is 8.62. The average Bonchev–Trinajstić information content (AvgIpc) is 3.59. The molecule has 1 heterocycles. The molecule has 2 fully saturated rings. The number of likely N-dealkylation sites (N-methyl/N-ethyl adjacent to an activating group) is 1. The van der Waals surface area contributed by atoms with Crippen molar-refractivity contribution in [2.24, 2.45) is 0 Å². The summed E-state index contributed by atoms with van der Waals surface area (Å²) in [5.74, 6) is -0.220. The molecule has 0 spiro atoms. The summed E-state index contributed by atoms with van der Waals surface area (Å²) < 4.78 is 27.5. The van der Waals surface area contributed by atoms with Crippen LogP contribution in [0.3, 0.4) is 0 Å². The maximum absolute atomic E-state index is 13.0. The van der Waals surface area contributed by atoms with E-state index in [9.17, 15) is 18.0 Å². The van der Waals surface area contributed by atoms with Gasteiger partial charge in [-0.25, -0.2) is 8.42 Å². The molecule has 0 unspecified atom stereocenters. The monoisotopic (exact) mass is 450 g/mol. The van der Waals surface area contributed by atoms with Gasteiger partial charge in [-0.15, -0.1) is 0 Å². The molecule has 8 nitrogen and oxygen atoms in total. The molecule has 1 saturated carbocycles. The first-order valence-corrected chi connectivity index (χ1v) is 12.4. The molecular formula is C22H34N4O4S. The Bertz CT molecular complexity index is 906. The minimum Gasteiger partial charge on any atom is -0.355 e. The first-order valence-electron chi connectivity index (χ1n) is 11.0. The van der Waals surface area contributed by atoms with Crippen molar-refractivity contribution in [3.8, 4) is 0 Å². The Balaban J connectivity index is 1.42. The zero-order chi connectivity index (χ0) is 22.6. The summed E-state index contributed by atoms with van der Waals surface area (Å²) in [5.41, 5.74) is 1.62. The van der Waals surface area contributed by atoms with Gasteiger partial charge in [0.15, 0.2) is 0 Å². The van der Waals surface area contributed by atoms with Gasteiger partial charge < -0.3 is 15.1 Å². The van der Waals surface area contributed by atoms with Crippen molar-refractivity contribution in [3.63, 3.8) is 0 Å². The minimum atomic E-state index is -3.58. The van der Waals surface area contributed by atoms with Crippen molar-refractivity contribution in [3.05, 3.63) is 29.3 Å². The fourth-order valence-corrected chi connectivity index (χ4v) is 5.57. The van der Waals surface area contributed by atoms with Gasteiger partial charge in [-0.05, 0) is 50.9 Å². The van der Waals surface area contributed by atoms with E-state index in [1.807, 2.05) is 19.1 Å². The molecule has 1 aromatic rings. The van der Waals surface area contributed by atoms with E-state index in [4.69, 9.17) is 0 Å². The summed E-state index contributed by atoms with van der Waals surface area (Å²) in [7, 11) is -1.52. The molecule has 31 heavy (non-hydrogen) atoms. The number of benzene rings is 1. The largest absolute Gasteiger partial charge is 0.355 e. The highest BCUT2D eigenvalue weighted by atomic mass is 32.2. The number of piperazine rings is 1. The van der Waals surface area contributed by atoms with Gasteiger partial charge in [0.05, 0.1) is 4.90 Å². The maximum Gasteiger partial charge on any atom is 0.243 e. The Morgan fingerprint density at radius 2 is 1.77 bits per heavy atom. The number of amides is 2. The molecule has 9 heteroatoms. The van der Waals surface area contributed by atoms with Crippen LogP contribution in [0, 0.1) is 13.8 Å². The van der Waals surface area contributed by atoms with Crippen LogP contribution in [0.5, 0.6) is 0 Å². The molecule has 0 radical (unpaired) electrons. The van der Waals surface area contributed by atoms with Gasteiger partial charge in [0.2, 0.25) is 21.8 Å². The van der Waals surface area contributed by atoms with E-state index in [0.29, 0.717) is 30.6 Å². The predicted octanol–water partition coefficient (Wildman–Crippen LogP) is 1.13. The molecule has 172 valence electrons. The number of hydrogen-bond acceptors (Lipinski definition) is 5. The number of carbonyl (C=O) groups excluding carboxylic acids is 2. The Kier molecular flexibility index (Phi) is 7.72. The van der Waals surface area contributed by atoms with Crippen molar-refractivity contribution in [2.75, 3.05) is 46.3 Å². The van der Waals surface area contributed by atoms with Gasteiger partial charge >= 0.3 is 0 Å². The van der Waals surface area contributed by atoms with Crippen LogP contribution < -0.4 is 5.32 Å². The third-order valence-electron chi connectivity index (χ3n) is 6.08. The van der Waals surface area contributed by atoms with E-state index >= 15 is 0 Å². The summed E-state index contributed by atoms with van der Waals surface area (Å²) in [6.07, 6.45) is 2.78. The maximum atomic E-state index is 13.0. The van der Waals surface area contributed by atoms with Crippen molar-refractivity contribution in [2.45, 2.75) is 50.5 Å². The highest BCUT2D eigenvalue weighted by Gasteiger charge is 2.31. The third kappa shape index (κ3) is 6.27. The molecule has 1 aliphatic heterocycles. The van der Waals surface area contributed by atoms with Crippen LogP contribution in [0.15, 0.2) is 23.1 Å². The molecule has 1 saturated heterocycles. The number of hydrogen-bond donors (Lipinski definition) is 1. The van der Waals surface area contributed by atoms with Crippen molar-refractivity contribution in [1.29, 1.82) is 0 Å². The average molecular weight is 451 g/mol. The quantitative estimate of drug-likeness (QED) is 0.609. The van der Waals surface area contributed by atoms with Crippen LogP contribution >= 0.6 is 0 Å². The fourth-order valence-electron chi connectivity index (χ4n) is 3.84. The van der Waals surface area contributed by atoms with E-state index in [0.717, 1.165) is 17.7 Å². The van der Waals surface area contributed by atoms with Crippen LogP contribution in [0.2, 0.25) is 0 Å². The van der Waals surface area contributed by atoms with E-state index < -0.39 is 10.0 Å². The van der Waals surface area contributed by atoms with Gasteiger partial charge in [-0.1, -0.05) is 12.1 Å². The van der Waals surface area contributed by atoms with Crippen LogP contribution in [-0.2, 0) is 19.6 Å². The molecular weight excluding hydrogens is 416 g/mol. The molecule has 0 atom stereocenters. The molecule has 2 amide bonds. The lowest BCUT2D eigenvalue weighted by Gasteiger charge is -2.34. The topological polar surface area (TPSA) is 90.0 Å². The van der Waals surface area contributed by atoms with E-state index in [1.54, 1.807) is 17.9 Å². The lowest BCUT2D eigenvalue weighted by molar-refractivity contribution is -0.134. The second-order valence-corrected chi connectivity index (χ2v) is 10.5. The summed E-state index contributed by atoms with van der Waals surface area (Å²) in [6.45, 7) is 6.30.